The van der Waals surface area contributed by atoms with Gasteiger partial charge in [-0.15, -0.1) is 11.6 Å². The fourth-order valence-corrected chi connectivity index (χ4v) is 2.53. The van der Waals surface area contributed by atoms with Gasteiger partial charge in [0, 0.05) is 18.4 Å². The number of nitrogens with zero attached hydrogens (tertiary/aromatic N) is 4. The molecule has 5 nitrogen and oxygen atoms in total. The number of benzene rings is 1. The fraction of sp³-hybridized carbons (Fsp3) is 0.250. The van der Waals surface area contributed by atoms with Gasteiger partial charge in [0.15, 0.2) is 5.82 Å². The Labute approximate surface area is 126 Å². The van der Waals surface area contributed by atoms with Gasteiger partial charge in [0.05, 0.1) is 22.1 Å². The Bertz CT molecular complexity index is 744. The van der Waals surface area contributed by atoms with Gasteiger partial charge in [0.1, 0.15) is 11.6 Å². The average Bonchev–Trinajstić information content (AvgIpc) is 3.02. The molecule has 0 bridgehead atoms. The predicted octanol–water partition coefficient (Wildman–Crippen LogP) is 3.15. The highest BCUT2D eigenvalue weighted by Crippen LogP contribution is 2.25. The Morgan fingerprint density at radius 2 is 2.25 bits per heavy atom. The van der Waals surface area contributed by atoms with Crippen LogP contribution in [-0.4, -0.2) is 25.6 Å². The van der Waals surface area contributed by atoms with Crippen molar-refractivity contribution in [1.82, 2.24) is 19.7 Å². The second-order valence-electron chi connectivity index (χ2n) is 4.16. The molecule has 2 heterocycles. The number of aryl methyl sites for hydroxylation is 1. The van der Waals surface area contributed by atoms with Crippen LogP contribution in [0.2, 0.25) is 0 Å². The third-order valence-corrected chi connectivity index (χ3v) is 3.69. The molecule has 0 aliphatic carbocycles. The third-order valence-electron chi connectivity index (χ3n) is 2.89. The molecule has 0 spiro atoms. The lowest BCUT2D eigenvalue weighted by molar-refractivity contribution is 0.408. The van der Waals surface area contributed by atoms with E-state index in [2.05, 4.69) is 31.1 Å². The van der Waals surface area contributed by atoms with Crippen LogP contribution in [0.3, 0.4) is 0 Å². The Morgan fingerprint density at radius 1 is 1.40 bits per heavy atom. The summed E-state index contributed by atoms with van der Waals surface area (Å²) in [6.45, 7) is 0.400. The monoisotopic (exact) mass is 358 g/mol. The van der Waals surface area contributed by atoms with E-state index in [1.807, 2.05) is 4.57 Å². The van der Waals surface area contributed by atoms with Gasteiger partial charge in [-0.3, -0.25) is 0 Å². The molecular formula is C12H9BrClFN4O. The topological polar surface area (TPSA) is 56.7 Å². The molecule has 0 unspecified atom stereocenters. The fourth-order valence-electron chi connectivity index (χ4n) is 2.03. The van der Waals surface area contributed by atoms with Gasteiger partial charge in [0.2, 0.25) is 6.39 Å². The zero-order valence-corrected chi connectivity index (χ0v) is 12.5. The first-order chi connectivity index (χ1) is 9.69. The van der Waals surface area contributed by atoms with E-state index in [9.17, 15) is 4.39 Å². The van der Waals surface area contributed by atoms with Crippen LogP contribution >= 0.6 is 27.5 Å². The van der Waals surface area contributed by atoms with Crippen molar-refractivity contribution in [3.05, 3.63) is 40.5 Å². The molecule has 0 saturated heterocycles. The average molecular weight is 360 g/mol. The number of aromatic nitrogens is 4. The number of fused-ring (bicyclic) bond motifs is 1. The lowest BCUT2D eigenvalue weighted by Gasteiger charge is -2.05. The molecule has 0 fully saturated rings. The molecule has 0 radical (unpaired) electrons. The number of imidazole rings is 1. The number of hydrogen-bond acceptors (Lipinski definition) is 4. The van der Waals surface area contributed by atoms with E-state index < -0.39 is 0 Å². The van der Waals surface area contributed by atoms with Crippen molar-refractivity contribution < 1.29 is 8.91 Å². The van der Waals surface area contributed by atoms with Crippen LogP contribution in [0.25, 0.3) is 11.0 Å². The molecule has 0 aliphatic rings. The molecule has 2 aromatic heterocycles. The SMILES string of the molecule is Fc1cc2nc(CCCl)n(Cc3ncon3)c2cc1Br. The van der Waals surface area contributed by atoms with Crippen LogP contribution in [0.15, 0.2) is 27.5 Å². The van der Waals surface area contributed by atoms with E-state index in [-0.39, 0.29) is 5.82 Å². The van der Waals surface area contributed by atoms with E-state index in [4.69, 9.17) is 16.1 Å². The zero-order chi connectivity index (χ0) is 14.1. The first-order valence-corrected chi connectivity index (χ1v) is 7.17. The number of rotatable bonds is 4. The molecule has 8 heteroatoms. The minimum absolute atomic E-state index is 0.348. The highest BCUT2D eigenvalue weighted by atomic mass is 79.9. The molecule has 0 N–H and O–H groups in total. The molecule has 104 valence electrons. The van der Waals surface area contributed by atoms with E-state index in [1.54, 1.807) is 6.07 Å². The summed E-state index contributed by atoms with van der Waals surface area (Å²) in [7, 11) is 0. The van der Waals surface area contributed by atoms with Crippen molar-refractivity contribution >= 4 is 38.6 Å². The maximum Gasteiger partial charge on any atom is 0.213 e. The maximum atomic E-state index is 13.6. The summed E-state index contributed by atoms with van der Waals surface area (Å²) in [4.78, 5) is 8.41. The molecule has 1 aromatic carbocycles. The molecule has 0 aliphatic heterocycles. The van der Waals surface area contributed by atoms with E-state index in [1.165, 1.54) is 12.5 Å². The van der Waals surface area contributed by atoms with Gasteiger partial charge >= 0.3 is 0 Å². The Kier molecular flexibility index (Phi) is 3.71. The number of alkyl halides is 1. The van der Waals surface area contributed by atoms with Crippen molar-refractivity contribution in [2.45, 2.75) is 13.0 Å². The highest BCUT2D eigenvalue weighted by Gasteiger charge is 2.14. The molecular weight excluding hydrogens is 351 g/mol. The van der Waals surface area contributed by atoms with Gasteiger partial charge in [-0.1, -0.05) is 5.16 Å². The van der Waals surface area contributed by atoms with Crippen molar-refractivity contribution in [1.29, 1.82) is 0 Å². The van der Waals surface area contributed by atoms with Crippen LogP contribution in [0, 0.1) is 5.82 Å². The van der Waals surface area contributed by atoms with Gasteiger partial charge < -0.3 is 9.09 Å². The predicted molar refractivity (Wildman–Crippen MR) is 75.2 cm³/mol. The van der Waals surface area contributed by atoms with Crippen LogP contribution in [0.4, 0.5) is 4.39 Å². The van der Waals surface area contributed by atoms with Crippen molar-refractivity contribution in [2.24, 2.45) is 0 Å². The summed E-state index contributed by atoms with van der Waals surface area (Å²) in [6, 6.07) is 3.08. The van der Waals surface area contributed by atoms with Gasteiger partial charge in [-0.2, -0.15) is 4.98 Å². The highest BCUT2D eigenvalue weighted by molar-refractivity contribution is 9.10. The number of hydrogen-bond donors (Lipinski definition) is 0. The molecule has 0 amide bonds. The van der Waals surface area contributed by atoms with Gasteiger partial charge in [-0.25, -0.2) is 9.37 Å². The smallest absolute Gasteiger partial charge is 0.213 e. The van der Waals surface area contributed by atoms with Gasteiger partial charge in [-0.05, 0) is 22.0 Å². The normalized spacial score (nSPS) is 11.3. The summed E-state index contributed by atoms with van der Waals surface area (Å²) >= 11 is 8.98. The Balaban J connectivity index is 2.15. The van der Waals surface area contributed by atoms with Crippen LogP contribution in [0.5, 0.6) is 0 Å². The number of halogens is 3. The standard InChI is InChI=1S/C12H9BrClFN4O/c13-7-3-10-9(4-8(7)15)17-12(1-2-14)19(10)5-11-16-6-20-18-11/h3-4,6H,1-2,5H2. The van der Waals surface area contributed by atoms with E-state index in [0.29, 0.717) is 34.7 Å². The van der Waals surface area contributed by atoms with E-state index in [0.717, 1.165) is 11.3 Å². The Hall–Kier alpha value is -1.47. The third kappa shape index (κ3) is 2.43. The molecule has 0 atom stereocenters. The second kappa shape index (κ2) is 5.49. The van der Waals surface area contributed by atoms with Crippen molar-refractivity contribution in [3.8, 4) is 0 Å². The van der Waals surface area contributed by atoms with Crippen LogP contribution in [-0.2, 0) is 13.0 Å². The first-order valence-electron chi connectivity index (χ1n) is 5.84. The minimum Gasteiger partial charge on any atom is -0.343 e. The molecule has 20 heavy (non-hydrogen) atoms. The van der Waals surface area contributed by atoms with Crippen molar-refractivity contribution in [2.75, 3.05) is 5.88 Å². The summed E-state index contributed by atoms with van der Waals surface area (Å²) in [5.41, 5.74) is 1.37. The van der Waals surface area contributed by atoms with E-state index >= 15 is 0 Å². The summed E-state index contributed by atoms with van der Waals surface area (Å²) in [5, 5.41) is 3.79. The summed E-state index contributed by atoms with van der Waals surface area (Å²) in [6.07, 6.45) is 1.85. The zero-order valence-electron chi connectivity index (χ0n) is 10.2. The quantitative estimate of drug-likeness (QED) is 0.672. The van der Waals surface area contributed by atoms with Gasteiger partial charge in [0.25, 0.3) is 0 Å². The molecule has 3 aromatic rings. The van der Waals surface area contributed by atoms with Crippen LogP contribution < -0.4 is 0 Å². The molecule has 3 rings (SSSR count). The Morgan fingerprint density at radius 3 is 2.95 bits per heavy atom. The molecule has 0 saturated carbocycles. The second-order valence-corrected chi connectivity index (χ2v) is 5.39. The lowest BCUT2D eigenvalue weighted by Crippen LogP contribution is -2.07. The lowest BCUT2D eigenvalue weighted by atomic mass is 10.3. The van der Waals surface area contributed by atoms with Crippen LogP contribution in [0.1, 0.15) is 11.6 Å². The largest absolute Gasteiger partial charge is 0.343 e. The first kappa shape index (κ1) is 13.5. The minimum atomic E-state index is -0.348. The summed E-state index contributed by atoms with van der Waals surface area (Å²) in [5.74, 6) is 1.37. The maximum absolute atomic E-state index is 13.6. The summed E-state index contributed by atoms with van der Waals surface area (Å²) < 4.78 is 20.6. The van der Waals surface area contributed by atoms with Crippen molar-refractivity contribution in [3.63, 3.8) is 0 Å².